The molecule has 0 aliphatic heterocycles. The van der Waals surface area contributed by atoms with E-state index in [0.717, 1.165) is 5.56 Å². The average molecular weight is 299 g/mol. The second-order valence-corrected chi connectivity index (χ2v) is 6.49. The lowest BCUT2D eigenvalue weighted by molar-refractivity contribution is 0.354. The maximum atomic E-state index is 10.4. The molecule has 6 heteroatoms. The normalized spacial score (nSPS) is 9.95. The average Bonchev–Trinajstić information content (AvgIpc) is 2.48. The van der Waals surface area contributed by atoms with Crippen molar-refractivity contribution in [2.45, 2.75) is 20.3 Å². The predicted octanol–water partition coefficient (Wildman–Crippen LogP) is 2.21. The maximum absolute atomic E-state index is 10.4. The number of ether oxygens (including phenoxy) is 2. The van der Waals surface area contributed by atoms with Gasteiger partial charge in [0, 0.05) is 11.5 Å². The summed E-state index contributed by atoms with van der Waals surface area (Å²) in [4.78, 5) is 0. The van der Waals surface area contributed by atoms with Crippen molar-refractivity contribution in [3.8, 4) is 17.6 Å². The molecule has 0 N–H and O–H groups in total. The van der Waals surface area contributed by atoms with E-state index in [0.29, 0.717) is 17.9 Å². The number of methoxy groups -OCH3 is 2. The summed E-state index contributed by atoms with van der Waals surface area (Å²) in [6, 6.07) is 7.53. The highest BCUT2D eigenvalue weighted by Gasteiger charge is 2.03. The number of nitriles is 1. The fourth-order valence-corrected chi connectivity index (χ4v) is 1.69. The largest absolute Gasteiger partial charge is 0.493 e. The number of hydrogen-bond acceptors (Lipinski definition) is 5. The third kappa shape index (κ3) is 6.43. The highest BCUT2D eigenvalue weighted by atomic mass is 32.2. The molecule has 0 amide bonds. The molecule has 0 aliphatic carbocycles. The zero-order chi connectivity index (χ0) is 15.6. The van der Waals surface area contributed by atoms with Crippen molar-refractivity contribution in [3.05, 3.63) is 23.8 Å². The molecule has 1 aromatic carbocycles. The van der Waals surface area contributed by atoms with Crippen molar-refractivity contribution in [1.29, 1.82) is 5.26 Å². The molecule has 1 aromatic rings. The summed E-state index contributed by atoms with van der Waals surface area (Å²) >= 11 is 0. The Morgan fingerprint density at radius 2 is 1.65 bits per heavy atom. The lowest BCUT2D eigenvalue weighted by Gasteiger charge is -2.07. The highest BCUT2D eigenvalue weighted by molar-refractivity contribution is 7.91. The summed E-state index contributed by atoms with van der Waals surface area (Å²) in [7, 11) is 0.505. The Balaban J connectivity index is 0.000000441. The topological polar surface area (TPSA) is 76.4 Å². The van der Waals surface area contributed by atoms with Crippen LogP contribution in [0.25, 0.3) is 0 Å². The molecule has 0 fully saturated rings. The van der Waals surface area contributed by atoms with Gasteiger partial charge in [-0.2, -0.15) is 5.26 Å². The molecule has 20 heavy (non-hydrogen) atoms. The molecule has 0 spiro atoms. The van der Waals surface area contributed by atoms with Gasteiger partial charge in [-0.15, -0.1) is 0 Å². The van der Waals surface area contributed by atoms with Crippen molar-refractivity contribution >= 4 is 9.84 Å². The molecule has 0 radical (unpaired) electrons. The lowest BCUT2D eigenvalue weighted by Crippen LogP contribution is -2.04. The minimum absolute atomic E-state index is 0.267. The highest BCUT2D eigenvalue weighted by Crippen LogP contribution is 2.27. The summed E-state index contributed by atoms with van der Waals surface area (Å²) in [5, 5.41) is 8.49. The summed E-state index contributed by atoms with van der Waals surface area (Å²) < 4.78 is 30.9. The second kappa shape index (κ2) is 9.21. The number of benzene rings is 1. The van der Waals surface area contributed by atoms with Gasteiger partial charge in [0.05, 0.1) is 26.7 Å². The van der Waals surface area contributed by atoms with Crippen molar-refractivity contribution in [2.75, 3.05) is 25.7 Å². The first-order valence-electron chi connectivity index (χ1n) is 6.22. The van der Waals surface area contributed by atoms with Crippen molar-refractivity contribution in [2.24, 2.45) is 0 Å². The lowest BCUT2D eigenvalue weighted by atomic mass is 10.1. The van der Waals surface area contributed by atoms with Gasteiger partial charge in [0.15, 0.2) is 11.5 Å². The van der Waals surface area contributed by atoms with Crippen LogP contribution >= 0.6 is 0 Å². The Morgan fingerprint density at radius 1 is 1.10 bits per heavy atom. The van der Waals surface area contributed by atoms with E-state index in [-0.39, 0.29) is 11.5 Å². The first kappa shape index (κ1) is 18.3. The van der Waals surface area contributed by atoms with E-state index >= 15 is 0 Å². The van der Waals surface area contributed by atoms with E-state index in [9.17, 15) is 8.42 Å². The van der Waals surface area contributed by atoms with Crippen LogP contribution in [0, 0.1) is 11.3 Å². The second-order valence-electron chi connectivity index (χ2n) is 3.85. The standard InChI is InChI=1S/C10H11NO2.C4H10O2S/c1-12-9-4-3-8(5-6-11)7-10(9)13-2;1-3-7(5,6)4-2/h3-4,7H,5H2,1-2H3;3-4H2,1-2H3. The minimum atomic E-state index is -2.66. The van der Waals surface area contributed by atoms with Crippen LogP contribution < -0.4 is 9.47 Å². The fraction of sp³-hybridized carbons (Fsp3) is 0.500. The van der Waals surface area contributed by atoms with Crippen molar-refractivity contribution in [1.82, 2.24) is 0 Å². The quantitative estimate of drug-likeness (QED) is 0.833. The molecule has 0 heterocycles. The van der Waals surface area contributed by atoms with Crippen molar-refractivity contribution in [3.63, 3.8) is 0 Å². The zero-order valence-corrected chi connectivity index (χ0v) is 13.2. The molecule has 0 unspecified atom stereocenters. The third-order valence-electron chi connectivity index (χ3n) is 2.61. The molecular weight excluding hydrogens is 278 g/mol. The summed E-state index contributed by atoms with van der Waals surface area (Å²) in [6.45, 7) is 3.30. The maximum Gasteiger partial charge on any atom is 0.161 e. The van der Waals surface area contributed by atoms with E-state index in [2.05, 4.69) is 6.07 Å². The van der Waals surface area contributed by atoms with E-state index in [4.69, 9.17) is 14.7 Å². The number of rotatable bonds is 5. The van der Waals surface area contributed by atoms with Crippen LogP contribution in [-0.4, -0.2) is 34.1 Å². The Hall–Kier alpha value is -1.74. The molecule has 0 aromatic heterocycles. The van der Waals surface area contributed by atoms with E-state index < -0.39 is 9.84 Å². The molecule has 0 saturated carbocycles. The Labute approximate surface area is 121 Å². The first-order valence-corrected chi connectivity index (χ1v) is 8.04. The number of sulfone groups is 1. The van der Waals surface area contributed by atoms with Crippen LogP contribution in [0.1, 0.15) is 19.4 Å². The first-order chi connectivity index (χ1) is 9.43. The molecular formula is C14H21NO4S. The fourth-order valence-electron chi connectivity index (χ4n) is 1.29. The van der Waals surface area contributed by atoms with Gasteiger partial charge in [-0.3, -0.25) is 0 Å². The number of nitrogens with zero attached hydrogens (tertiary/aromatic N) is 1. The van der Waals surface area contributed by atoms with E-state index in [1.54, 1.807) is 34.1 Å². The van der Waals surface area contributed by atoms with Gasteiger partial charge >= 0.3 is 0 Å². The van der Waals surface area contributed by atoms with E-state index in [1.807, 2.05) is 12.1 Å². The monoisotopic (exact) mass is 299 g/mol. The molecule has 0 aliphatic rings. The Morgan fingerprint density at radius 3 is 2.00 bits per heavy atom. The molecule has 1 rings (SSSR count). The van der Waals surface area contributed by atoms with Gasteiger partial charge in [0.2, 0.25) is 0 Å². The van der Waals surface area contributed by atoms with Gasteiger partial charge < -0.3 is 9.47 Å². The molecule has 112 valence electrons. The zero-order valence-electron chi connectivity index (χ0n) is 12.3. The third-order valence-corrected chi connectivity index (χ3v) is 4.37. The summed E-state index contributed by atoms with van der Waals surface area (Å²) in [5.41, 5.74) is 0.931. The van der Waals surface area contributed by atoms with Crippen LogP contribution in [0.3, 0.4) is 0 Å². The van der Waals surface area contributed by atoms with Gasteiger partial charge in [0.1, 0.15) is 9.84 Å². The summed E-state index contributed by atoms with van der Waals surface area (Å²) in [6.07, 6.45) is 0.389. The molecule has 0 bridgehead atoms. The Kier molecular flexibility index (Phi) is 8.41. The van der Waals surface area contributed by atoms with Crippen LogP contribution in [0.15, 0.2) is 18.2 Å². The van der Waals surface area contributed by atoms with Crippen LogP contribution in [0.5, 0.6) is 11.5 Å². The van der Waals surface area contributed by atoms with Gasteiger partial charge in [-0.25, -0.2) is 8.42 Å². The predicted molar refractivity (Wildman–Crippen MR) is 78.9 cm³/mol. The SMILES string of the molecule is CCS(=O)(=O)CC.COc1ccc(CC#N)cc1OC. The summed E-state index contributed by atoms with van der Waals surface area (Å²) in [5.74, 6) is 1.88. The molecule has 0 atom stereocenters. The van der Waals surface area contributed by atoms with Gasteiger partial charge in [0.25, 0.3) is 0 Å². The van der Waals surface area contributed by atoms with E-state index in [1.165, 1.54) is 0 Å². The van der Waals surface area contributed by atoms with Crippen LogP contribution in [0.2, 0.25) is 0 Å². The van der Waals surface area contributed by atoms with Crippen LogP contribution in [-0.2, 0) is 16.3 Å². The molecule has 0 saturated heterocycles. The van der Waals surface area contributed by atoms with Gasteiger partial charge in [-0.1, -0.05) is 19.9 Å². The van der Waals surface area contributed by atoms with Crippen molar-refractivity contribution < 1.29 is 17.9 Å². The number of hydrogen-bond donors (Lipinski definition) is 0. The minimum Gasteiger partial charge on any atom is -0.493 e. The molecule has 5 nitrogen and oxygen atoms in total. The smallest absolute Gasteiger partial charge is 0.161 e. The Bertz CT molecular complexity index is 537. The van der Waals surface area contributed by atoms with Gasteiger partial charge in [-0.05, 0) is 17.7 Å². The van der Waals surface area contributed by atoms with Crippen LogP contribution in [0.4, 0.5) is 0 Å².